The van der Waals surface area contributed by atoms with Crippen molar-refractivity contribution in [2.45, 2.75) is 6.92 Å². The maximum absolute atomic E-state index is 11.8. The molecule has 2 amide bonds. The number of carbonyl (C=O) groups excluding carboxylic acids is 2. The van der Waals surface area contributed by atoms with E-state index >= 15 is 0 Å². The van der Waals surface area contributed by atoms with Crippen LogP contribution in [0.1, 0.15) is 26.3 Å². The predicted octanol–water partition coefficient (Wildman–Crippen LogP) is 2.98. The Hall–Kier alpha value is -1.66. The standard InChI is InChI=1S/C15H15BrN2O2S/c1-10-2-4-11(5-3-10)14(19)17-6-7-18-15(20)12-8-13(16)21-9-12/h2-5,8-9H,6-7H2,1H3,(H,17,19)(H,18,20). The van der Waals surface area contributed by atoms with E-state index in [9.17, 15) is 9.59 Å². The number of aryl methyl sites for hydroxylation is 1. The van der Waals surface area contributed by atoms with Crippen LogP contribution in [0.15, 0.2) is 39.5 Å². The first-order valence-corrected chi connectivity index (χ1v) is 8.10. The normalized spacial score (nSPS) is 10.2. The van der Waals surface area contributed by atoms with Gasteiger partial charge in [0.05, 0.1) is 9.35 Å². The molecule has 0 aliphatic carbocycles. The van der Waals surface area contributed by atoms with E-state index in [1.165, 1.54) is 11.3 Å². The third-order valence-corrected chi connectivity index (χ3v) is 4.34. The quantitative estimate of drug-likeness (QED) is 0.799. The Balaban J connectivity index is 1.73. The topological polar surface area (TPSA) is 58.2 Å². The molecule has 0 aliphatic heterocycles. The summed E-state index contributed by atoms with van der Waals surface area (Å²) in [5.74, 6) is -0.274. The average Bonchev–Trinajstić information content (AvgIpc) is 2.90. The SMILES string of the molecule is Cc1ccc(C(=O)NCCNC(=O)c2csc(Br)c2)cc1. The summed E-state index contributed by atoms with van der Waals surface area (Å²) in [5, 5.41) is 7.31. The van der Waals surface area contributed by atoms with E-state index in [0.717, 1.165) is 9.35 Å². The lowest BCUT2D eigenvalue weighted by Crippen LogP contribution is -2.34. The number of halogens is 1. The second kappa shape index (κ2) is 7.38. The monoisotopic (exact) mass is 366 g/mol. The lowest BCUT2D eigenvalue weighted by atomic mass is 10.1. The van der Waals surface area contributed by atoms with Crippen molar-refractivity contribution in [2.24, 2.45) is 0 Å². The smallest absolute Gasteiger partial charge is 0.252 e. The molecule has 1 aromatic carbocycles. The first-order chi connectivity index (χ1) is 10.1. The molecule has 2 N–H and O–H groups in total. The minimum absolute atomic E-state index is 0.137. The van der Waals surface area contributed by atoms with Gasteiger partial charge in [-0.15, -0.1) is 11.3 Å². The number of thiophene rings is 1. The number of nitrogens with one attached hydrogen (secondary N) is 2. The predicted molar refractivity (Wildman–Crippen MR) is 87.9 cm³/mol. The fourth-order valence-corrected chi connectivity index (χ4v) is 2.83. The van der Waals surface area contributed by atoms with Crippen molar-refractivity contribution >= 4 is 39.1 Å². The van der Waals surface area contributed by atoms with Crippen LogP contribution < -0.4 is 10.6 Å². The fraction of sp³-hybridized carbons (Fsp3) is 0.200. The van der Waals surface area contributed by atoms with Crippen molar-refractivity contribution in [2.75, 3.05) is 13.1 Å². The Morgan fingerprint density at radius 2 is 1.62 bits per heavy atom. The first-order valence-electron chi connectivity index (χ1n) is 6.43. The van der Waals surface area contributed by atoms with E-state index in [-0.39, 0.29) is 11.8 Å². The molecule has 4 nitrogen and oxygen atoms in total. The minimum atomic E-state index is -0.137. The summed E-state index contributed by atoms with van der Waals surface area (Å²) < 4.78 is 0.917. The molecule has 1 heterocycles. The fourth-order valence-electron chi connectivity index (χ4n) is 1.69. The van der Waals surface area contributed by atoms with E-state index in [1.54, 1.807) is 23.6 Å². The molecule has 0 radical (unpaired) electrons. The number of hydrogen-bond donors (Lipinski definition) is 2. The Labute approximate surface area is 135 Å². The van der Waals surface area contributed by atoms with Gasteiger partial charge in [-0.2, -0.15) is 0 Å². The molecule has 0 spiro atoms. The summed E-state index contributed by atoms with van der Waals surface area (Å²) in [6, 6.07) is 9.12. The van der Waals surface area contributed by atoms with E-state index < -0.39 is 0 Å². The molecule has 0 saturated carbocycles. The third kappa shape index (κ3) is 4.68. The van der Waals surface area contributed by atoms with Crippen molar-refractivity contribution in [1.82, 2.24) is 10.6 Å². The largest absolute Gasteiger partial charge is 0.350 e. The number of carbonyl (C=O) groups is 2. The van der Waals surface area contributed by atoms with Gasteiger partial charge in [0, 0.05) is 24.0 Å². The molecule has 2 rings (SSSR count). The molecule has 6 heteroatoms. The molecule has 1 aromatic heterocycles. The second-order valence-electron chi connectivity index (χ2n) is 4.52. The molecule has 0 fully saturated rings. The zero-order valence-electron chi connectivity index (χ0n) is 11.5. The van der Waals surface area contributed by atoms with Crippen LogP contribution in [-0.4, -0.2) is 24.9 Å². The number of hydrogen-bond acceptors (Lipinski definition) is 3. The number of rotatable bonds is 5. The van der Waals surface area contributed by atoms with Gasteiger partial charge < -0.3 is 10.6 Å². The van der Waals surface area contributed by atoms with E-state index in [4.69, 9.17) is 0 Å². The van der Waals surface area contributed by atoms with Crippen molar-refractivity contribution < 1.29 is 9.59 Å². The zero-order chi connectivity index (χ0) is 15.2. The first kappa shape index (κ1) is 15.7. The zero-order valence-corrected chi connectivity index (χ0v) is 13.9. The lowest BCUT2D eigenvalue weighted by molar-refractivity contribution is 0.0928. The van der Waals surface area contributed by atoms with Crippen molar-refractivity contribution in [3.05, 3.63) is 56.2 Å². The molecule has 21 heavy (non-hydrogen) atoms. The Morgan fingerprint density at radius 1 is 1.05 bits per heavy atom. The van der Waals surface area contributed by atoms with Crippen LogP contribution >= 0.6 is 27.3 Å². The van der Waals surface area contributed by atoms with Gasteiger partial charge in [-0.1, -0.05) is 17.7 Å². The Kier molecular flexibility index (Phi) is 5.52. The number of benzene rings is 1. The van der Waals surface area contributed by atoms with Gasteiger partial charge in [0.15, 0.2) is 0 Å². The highest BCUT2D eigenvalue weighted by Crippen LogP contribution is 2.20. The van der Waals surface area contributed by atoms with Crippen molar-refractivity contribution in [3.8, 4) is 0 Å². The third-order valence-electron chi connectivity index (χ3n) is 2.84. The van der Waals surface area contributed by atoms with E-state index in [1.807, 2.05) is 19.1 Å². The molecule has 0 atom stereocenters. The van der Waals surface area contributed by atoms with Gasteiger partial charge in [-0.05, 0) is 41.1 Å². The maximum atomic E-state index is 11.8. The molecular weight excluding hydrogens is 352 g/mol. The summed E-state index contributed by atoms with van der Waals surface area (Å²) in [5.41, 5.74) is 2.35. The molecule has 110 valence electrons. The second-order valence-corrected chi connectivity index (χ2v) is 6.81. The van der Waals surface area contributed by atoms with Crippen LogP contribution in [0.2, 0.25) is 0 Å². The highest BCUT2D eigenvalue weighted by Gasteiger charge is 2.08. The lowest BCUT2D eigenvalue weighted by Gasteiger charge is -2.06. The van der Waals surface area contributed by atoms with Gasteiger partial charge in [0.25, 0.3) is 11.8 Å². The summed E-state index contributed by atoms with van der Waals surface area (Å²) in [7, 11) is 0. The van der Waals surface area contributed by atoms with Gasteiger partial charge >= 0.3 is 0 Å². The van der Waals surface area contributed by atoms with E-state index in [2.05, 4.69) is 26.6 Å². The van der Waals surface area contributed by atoms with Crippen LogP contribution in [-0.2, 0) is 0 Å². The molecule has 0 saturated heterocycles. The van der Waals surface area contributed by atoms with Crippen molar-refractivity contribution in [3.63, 3.8) is 0 Å². The highest BCUT2D eigenvalue weighted by atomic mass is 79.9. The molecule has 2 aromatic rings. The van der Waals surface area contributed by atoms with Crippen molar-refractivity contribution in [1.29, 1.82) is 0 Å². The van der Waals surface area contributed by atoms with Gasteiger partial charge in [-0.3, -0.25) is 9.59 Å². The summed E-state index contributed by atoms with van der Waals surface area (Å²) in [6.07, 6.45) is 0. The van der Waals surface area contributed by atoms with Crippen LogP contribution in [0.4, 0.5) is 0 Å². The van der Waals surface area contributed by atoms with Crippen LogP contribution in [0.25, 0.3) is 0 Å². The van der Waals surface area contributed by atoms with Crippen LogP contribution in [0.5, 0.6) is 0 Å². The molecule has 0 bridgehead atoms. The van der Waals surface area contributed by atoms with Crippen LogP contribution in [0, 0.1) is 6.92 Å². The Morgan fingerprint density at radius 3 is 2.14 bits per heavy atom. The molecular formula is C15H15BrN2O2S. The number of amides is 2. The minimum Gasteiger partial charge on any atom is -0.350 e. The van der Waals surface area contributed by atoms with Crippen LogP contribution in [0.3, 0.4) is 0 Å². The highest BCUT2D eigenvalue weighted by molar-refractivity contribution is 9.11. The van der Waals surface area contributed by atoms with Gasteiger partial charge in [0.2, 0.25) is 0 Å². The Bertz CT molecular complexity index is 637. The van der Waals surface area contributed by atoms with Gasteiger partial charge in [-0.25, -0.2) is 0 Å². The summed E-state index contributed by atoms with van der Waals surface area (Å²) >= 11 is 4.78. The summed E-state index contributed by atoms with van der Waals surface area (Å²) in [4.78, 5) is 23.6. The average molecular weight is 367 g/mol. The summed E-state index contributed by atoms with van der Waals surface area (Å²) in [6.45, 7) is 2.76. The molecule has 0 aliphatic rings. The molecule has 0 unspecified atom stereocenters. The van der Waals surface area contributed by atoms with E-state index in [0.29, 0.717) is 24.2 Å². The van der Waals surface area contributed by atoms with Gasteiger partial charge in [0.1, 0.15) is 0 Å². The maximum Gasteiger partial charge on any atom is 0.252 e.